The summed E-state index contributed by atoms with van der Waals surface area (Å²) in [5, 5.41) is 9.09. The van der Waals surface area contributed by atoms with Gasteiger partial charge in [-0.25, -0.2) is 4.79 Å². The second kappa shape index (κ2) is 4.18. The van der Waals surface area contributed by atoms with Crippen molar-refractivity contribution in [1.82, 2.24) is 0 Å². The number of rotatable bonds is 4. The van der Waals surface area contributed by atoms with E-state index in [0.29, 0.717) is 11.6 Å². The second-order valence-corrected chi connectivity index (χ2v) is 3.16. The van der Waals surface area contributed by atoms with E-state index in [4.69, 9.17) is 15.3 Å². The summed E-state index contributed by atoms with van der Waals surface area (Å²) in [6.45, 7) is 0.549. The normalized spacial score (nSPS) is 10.1. The first-order valence-corrected chi connectivity index (χ1v) is 4.38. The average molecular weight is 187 g/mol. The Morgan fingerprint density at radius 2 is 2.42 bits per heavy atom. The van der Waals surface area contributed by atoms with Gasteiger partial charge in [0.2, 0.25) is 5.76 Å². The number of aromatic carboxylic acids is 1. The van der Waals surface area contributed by atoms with Gasteiger partial charge >= 0.3 is 5.97 Å². The molecule has 0 atom stereocenters. The van der Waals surface area contributed by atoms with E-state index in [0.717, 1.165) is 5.75 Å². The molecule has 66 valence electrons. The lowest BCUT2D eigenvalue weighted by Crippen LogP contribution is -2.00. The number of hydrogen-bond donors (Lipinski definition) is 2. The number of thioether (sulfide) groups is 1. The largest absolute Gasteiger partial charge is 0.475 e. The quantitative estimate of drug-likeness (QED) is 0.688. The number of carboxylic acid groups (broad SMARTS) is 1. The van der Waals surface area contributed by atoms with Crippen molar-refractivity contribution >= 4 is 17.7 Å². The van der Waals surface area contributed by atoms with Gasteiger partial charge in [0.15, 0.2) is 5.09 Å². The standard InChI is InChI=1S/C7H9NO3S/c8-3-4-12-6-2-1-5(11-6)7(9)10/h1-2H,3-4,8H2,(H,9,10). The lowest BCUT2D eigenvalue weighted by Gasteiger charge is -1.91. The Morgan fingerprint density at radius 1 is 1.67 bits per heavy atom. The molecule has 0 aromatic carbocycles. The monoisotopic (exact) mass is 187 g/mol. The summed E-state index contributed by atoms with van der Waals surface area (Å²) < 4.78 is 4.96. The van der Waals surface area contributed by atoms with E-state index in [2.05, 4.69) is 0 Å². The minimum absolute atomic E-state index is 0.0329. The summed E-state index contributed by atoms with van der Waals surface area (Å²) in [7, 11) is 0. The highest BCUT2D eigenvalue weighted by atomic mass is 32.2. The van der Waals surface area contributed by atoms with Gasteiger partial charge in [0, 0.05) is 12.3 Å². The summed E-state index contributed by atoms with van der Waals surface area (Å²) in [4.78, 5) is 10.4. The summed E-state index contributed by atoms with van der Waals surface area (Å²) in [6.07, 6.45) is 0. The minimum Gasteiger partial charge on any atom is -0.475 e. The van der Waals surface area contributed by atoms with Crippen LogP contribution in [0.3, 0.4) is 0 Å². The maximum atomic E-state index is 10.4. The first-order chi connectivity index (χ1) is 5.74. The van der Waals surface area contributed by atoms with Crippen LogP contribution < -0.4 is 5.73 Å². The molecular formula is C7H9NO3S. The van der Waals surface area contributed by atoms with E-state index in [1.165, 1.54) is 17.8 Å². The Labute approximate surface area is 73.7 Å². The number of carboxylic acids is 1. The van der Waals surface area contributed by atoms with Gasteiger partial charge in [-0.2, -0.15) is 0 Å². The molecule has 1 aromatic heterocycles. The van der Waals surface area contributed by atoms with Crippen LogP contribution >= 0.6 is 11.8 Å². The smallest absolute Gasteiger partial charge is 0.371 e. The lowest BCUT2D eigenvalue weighted by molar-refractivity contribution is 0.0656. The molecule has 0 amide bonds. The molecule has 4 nitrogen and oxygen atoms in total. The van der Waals surface area contributed by atoms with Crippen molar-refractivity contribution in [3.63, 3.8) is 0 Å². The van der Waals surface area contributed by atoms with E-state index < -0.39 is 5.97 Å². The molecular weight excluding hydrogens is 178 g/mol. The van der Waals surface area contributed by atoms with Gasteiger partial charge < -0.3 is 15.3 Å². The highest BCUT2D eigenvalue weighted by Gasteiger charge is 2.08. The van der Waals surface area contributed by atoms with Crippen LogP contribution in [0.2, 0.25) is 0 Å². The van der Waals surface area contributed by atoms with Crippen LogP contribution in [0.5, 0.6) is 0 Å². The van der Waals surface area contributed by atoms with Crippen molar-refractivity contribution in [1.29, 1.82) is 0 Å². The number of nitrogens with two attached hydrogens (primary N) is 1. The summed E-state index contributed by atoms with van der Waals surface area (Å²) in [5.41, 5.74) is 5.26. The molecule has 0 fully saturated rings. The third-order valence-corrected chi connectivity index (χ3v) is 2.10. The first-order valence-electron chi connectivity index (χ1n) is 3.40. The van der Waals surface area contributed by atoms with Crippen molar-refractivity contribution in [2.45, 2.75) is 5.09 Å². The fourth-order valence-corrected chi connectivity index (χ4v) is 1.30. The van der Waals surface area contributed by atoms with Gasteiger partial charge in [0.1, 0.15) is 0 Å². The SMILES string of the molecule is NCCSc1ccc(C(=O)O)o1. The van der Waals surface area contributed by atoms with Crippen molar-refractivity contribution in [3.05, 3.63) is 17.9 Å². The molecule has 12 heavy (non-hydrogen) atoms. The maximum absolute atomic E-state index is 10.4. The summed E-state index contributed by atoms with van der Waals surface area (Å²) in [5.74, 6) is -0.351. The third-order valence-electron chi connectivity index (χ3n) is 1.15. The lowest BCUT2D eigenvalue weighted by atomic mass is 10.5. The van der Waals surface area contributed by atoms with Crippen LogP contribution in [0.15, 0.2) is 21.6 Å². The highest BCUT2D eigenvalue weighted by Crippen LogP contribution is 2.20. The zero-order valence-electron chi connectivity index (χ0n) is 6.32. The highest BCUT2D eigenvalue weighted by molar-refractivity contribution is 7.99. The first kappa shape index (κ1) is 9.15. The number of furan rings is 1. The van der Waals surface area contributed by atoms with Crippen molar-refractivity contribution in [2.24, 2.45) is 5.73 Å². The molecule has 0 unspecified atom stereocenters. The van der Waals surface area contributed by atoms with Crippen LogP contribution in [0.25, 0.3) is 0 Å². The Morgan fingerprint density at radius 3 is 2.92 bits per heavy atom. The van der Waals surface area contributed by atoms with Crippen molar-refractivity contribution in [3.8, 4) is 0 Å². The fourth-order valence-electron chi connectivity index (χ4n) is 0.672. The molecule has 1 rings (SSSR count). The van der Waals surface area contributed by atoms with Crippen molar-refractivity contribution in [2.75, 3.05) is 12.3 Å². The zero-order chi connectivity index (χ0) is 8.97. The zero-order valence-corrected chi connectivity index (χ0v) is 7.13. The molecule has 0 aliphatic carbocycles. The molecule has 0 saturated heterocycles. The molecule has 1 heterocycles. The van der Waals surface area contributed by atoms with Crippen LogP contribution in [-0.4, -0.2) is 23.4 Å². The summed E-state index contributed by atoms with van der Waals surface area (Å²) >= 11 is 1.40. The minimum atomic E-state index is -1.05. The van der Waals surface area contributed by atoms with E-state index in [-0.39, 0.29) is 5.76 Å². The fraction of sp³-hybridized carbons (Fsp3) is 0.286. The molecule has 5 heteroatoms. The second-order valence-electron chi connectivity index (χ2n) is 2.06. The van der Waals surface area contributed by atoms with E-state index in [9.17, 15) is 4.79 Å². The number of hydrogen-bond acceptors (Lipinski definition) is 4. The van der Waals surface area contributed by atoms with E-state index in [1.807, 2.05) is 0 Å². The van der Waals surface area contributed by atoms with Crippen LogP contribution in [0, 0.1) is 0 Å². The molecule has 0 aliphatic rings. The predicted octanol–water partition coefficient (Wildman–Crippen LogP) is 1.03. The van der Waals surface area contributed by atoms with Gasteiger partial charge in [-0.05, 0) is 12.1 Å². The van der Waals surface area contributed by atoms with Gasteiger partial charge in [0.25, 0.3) is 0 Å². The Bertz CT molecular complexity index is 271. The van der Waals surface area contributed by atoms with E-state index in [1.54, 1.807) is 6.07 Å². The topological polar surface area (TPSA) is 76.5 Å². The maximum Gasteiger partial charge on any atom is 0.371 e. The molecule has 1 aromatic rings. The van der Waals surface area contributed by atoms with Crippen LogP contribution in [0.4, 0.5) is 0 Å². The summed E-state index contributed by atoms with van der Waals surface area (Å²) in [6, 6.07) is 3.06. The van der Waals surface area contributed by atoms with Gasteiger partial charge in [-0.15, -0.1) is 0 Å². The predicted molar refractivity (Wildman–Crippen MR) is 45.4 cm³/mol. The molecule has 0 spiro atoms. The Balaban J connectivity index is 2.58. The van der Waals surface area contributed by atoms with Crippen LogP contribution in [-0.2, 0) is 0 Å². The van der Waals surface area contributed by atoms with Gasteiger partial charge in [-0.3, -0.25) is 0 Å². The molecule has 0 radical (unpaired) electrons. The van der Waals surface area contributed by atoms with E-state index >= 15 is 0 Å². The molecule has 3 N–H and O–H groups in total. The molecule has 0 saturated carbocycles. The van der Waals surface area contributed by atoms with Crippen LogP contribution in [0.1, 0.15) is 10.6 Å². The van der Waals surface area contributed by atoms with Gasteiger partial charge in [0.05, 0.1) is 0 Å². The molecule has 0 bridgehead atoms. The molecule has 0 aliphatic heterocycles. The number of carbonyl (C=O) groups is 1. The van der Waals surface area contributed by atoms with Crippen molar-refractivity contribution < 1.29 is 14.3 Å². The third kappa shape index (κ3) is 2.28. The van der Waals surface area contributed by atoms with Gasteiger partial charge in [-0.1, -0.05) is 11.8 Å². The Hall–Kier alpha value is -0.940. The average Bonchev–Trinajstić information content (AvgIpc) is 2.48. The Kier molecular flexibility index (Phi) is 3.19.